The van der Waals surface area contributed by atoms with E-state index >= 15 is 0 Å². The monoisotopic (exact) mass is 241 g/mol. The van der Waals surface area contributed by atoms with Crippen molar-refractivity contribution in [2.24, 2.45) is 0 Å². The van der Waals surface area contributed by atoms with Gasteiger partial charge >= 0.3 is 0 Å². The summed E-state index contributed by atoms with van der Waals surface area (Å²) in [6, 6.07) is 8.28. The number of aromatic nitrogens is 2. The van der Waals surface area contributed by atoms with Gasteiger partial charge in [-0.1, -0.05) is 31.5 Å². The van der Waals surface area contributed by atoms with Crippen LogP contribution in [0, 0.1) is 13.8 Å². The topological polar surface area (TPSA) is 51.8 Å². The Hall–Kier alpha value is -1.90. The van der Waals surface area contributed by atoms with Crippen LogP contribution in [-0.4, -0.2) is 9.97 Å². The van der Waals surface area contributed by atoms with E-state index in [4.69, 9.17) is 5.73 Å². The van der Waals surface area contributed by atoms with Gasteiger partial charge in [0.1, 0.15) is 0 Å². The third-order valence-electron chi connectivity index (χ3n) is 3.18. The summed E-state index contributed by atoms with van der Waals surface area (Å²) in [6.45, 7) is 6.36. The van der Waals surface area contributed by atoms with Crippen LogP contribution in [0.15, 0.2) is 24.3 Å². The lowest BCUT2D eigenvalue weighted by Crippen LogP contribution is -2.01. The van der Waals surface area contributed by atoms with E-state index in [0.29, 0.717) is 5.95 Å². The lowest BCUT2D eigenvalue weighted by Gasteiger charge is -2.09. The van der Waals surface area contributed by atoms with Gasteiger partial charge in [0.05, 0.1) is 5.69 Å². The Bertz CT molecular complexity index is 562. The number of aryl methyl sites for hydroxylation is 2. The van der Waals surface area contributed by atoms with E-state index in [-0.39, 0.29) is 0 Å². The highest BCUT2D eigenvalue weighted by Gasteiger charge is 2.08. The highest BCUT2D eigenvalue weighted by Crippen LogP contribution is 2.25. The number of nitrogens with zero attached hydrogens (tertiary/aromatic N) is 2. The number of hydrogen-bond donors (Lipinski definition) is 1. The molecule has 0 aliphatic carbocycles. The molecule has 2 aromatic rings. The van der Waals surface area contributed by atoms with Crippen LogP contribution >= 0.6 is 0 Å². The molecule has 0 atom stereocenters. The zero-order valence-corrected chi connectivity index (χ0v) is 11.2. The molecule has 0 aliphatic rings. The maximum atomic E-state index is 5.79. The van der Waals surface area contributed by atoms with E-state index < -0.39 is 0 Å². The van der Waals surface area contributed by atoms with Crippen molar-refractivity contribution in [2.75, 3.05) is 5.73 Å². The van der Waals surface area contributed by atoms with Gasteiger partial charge < -0.3 is 5.73 Å². The molecule has 1 aromatic carbocycles. The number of rotatable bonds is 3. The Kier molecular flexibility index (Phi) is 3.60. The number of benzene rings is 1. The molecule has 0 spiro atoms. The van der Waals surface area contributed by atoms with Crippen LogP contribution in [0.25, 0.3) is 11.3 Å². The first-order valence-corrected chi connectivity index (χ1v) is 6.32. The third-order valence-corrected chi connectivity index (χ3v) is 3.18. The molecule has 0 amide bonds. The van der Waals surface area contributed by atoms with Crippen LogP contribution in [0.1, 0.15) is 30.2 Å². The van der Waals surface area contributed by atoms with E-state index in [9.17, 15) is 0 Å². The molecule has 0 saturated carbocycles. The largest absolute Gasteiger partial charge is 0.368 e. The van der Waals surface area contributed by atoms with Crippen molar-refractivity contribution in [1.82, 2.24) is 9.97 Å². The van der Waals surface area contributed by atoms with Gasteiger partial charge in [-0.05, 0) is 37.5 Å². The molecule has 1 aromatic heterocycles. The van der Waals surface area contributed by atoms with Gasteiger partial charge in [0.2, 0.25) is 5.95 Å². The summed E-state index contributed by atoms with van der Waals surface area (Å²) >= 11 is 0. The van der Waals surface area contributed by atoms with Gasteiger partial charge in [-0.25, -0.2) is 9.97 Å². The van der Waals surface area contributed by atoms with Crippen molar-refractivity contribution < 1.29 is 0 Å². The van der Waals surface area contributed by atoms with Crippen molar-refractivity contribution >= 4 is 5.95 Å². The molecule has 0 aliphatic heterocycles. The smallest absolute Gasteiger partial charge is 0.220 e. The van der Waals surface area contributed by atoms with Crippen LogP contribution in [0.3, 0.4) is 0 Å². The lowest BCUT2D eigenvalue weighted by molar-refractivity contribution is 0.877. The van der Waals surface area contributed by atoms with Gasteiger partial charge in [-0.3, -0.25) is 0 Å². The average Bonchev–Trinajstić information content (AvgIpc) is 2.32. The van der Waals surface area contributed by atoms with Gasteiger partial charge in [-0.15, -0.1) is 0 Å². The average molecular weight is 241 g/mol. The molecular formula is C15H19N3. The highest BCUT2D eigenvalue weighted by atomic mass is 15.0. The van der Waals surface area contributed by atoms with E-state index in [1.807, 2.05) is 6.07 Å². The zero-order valence-electron chi connectivity index (χ0n) is 11.2. The molecule has 0 bridgehead atoms. The van der Waals surface area contributed by atoms with E-state index in [2.05, 4.69) is 48.9 Å². The third kappa shape index (κ3) is 2.50. The second-order valence-electron chi connectivity index (χ2n) is 4.60. The highest BCUT2D eigenvalue weighted by molar-refractivity contribution is 5.66. The minimum atomic E-state index is 0.358. The maximum Gasteiger partial charge on any atom is 0.220 e. The summed E-state index contributed by atoms with van der Waals surface area (Å²) in [5, 5.41) is 0. The molecule has 0 radical (unpaired) electrons. The molecule has 18 heavy (non-hydrogen) atoms. The maximum absolute atomic E-state index is 5.79. The molecule has 3 heteroatoms. The van der Waals surface area contributed by atoms with Crippen LogP contribution < -0.4 is 5.73 Å². The summed E-state index contributed by atoms with van der Waals surface area (Å²) in [7, 11) is 0. The predicted molar refractivity (Wildman–Crippen MR) is 75.3 cm³/mol. The van der Waals surface area contributed by atoms with Crippen LogP contribution in [0.2, 0.25) is 0 Å². The summed E-state index contributed by atoms with van der Waals surface area (Å²) < 4.78 is 0. The first-order valence-electron chi connectivity index (χ1n) is 6.32. The normalized spacial score (nSPS) is 10.6. The second kappa shape index (κ2) is 5.17. The Balaban J connectivity index is 2.53. The van der Waals surface area contributed by atoms with Crippen molar-refractivity contribution in [1.29, 1.82) is 0 Å². The van der Waals surface area contributed by atoms with Crippen LogP contribution in [0.5, 0.6) is 0 Å². The predicted octanol–water partition coefficient (Wildman–Crippen LogP) is 3.30. The fourth-order valence-corrected chi connectivity index (χ4v) is 2.07. The second-order valence-corrected chi connectivity index (χ2v) is 4.60. The molecule has 1 heterocycles. The molecule has 0 fully saturated rings. The van der Waals surface area contributed by atoms with Gasteiger partial charge in [0.25, 0.3) is 0 Å². The summed E-state index contributed by atoms with van der Waals surface area (Å²) in [5.41, 5.74) is 11.4. The quantitative estimate of drug-likeness (QED) is 0.897. The van der Waals surface area contributed by atoms with Gasteiger partial charge in [0, 0.05) is 11.3 Å². The van der Waals surface area contributed by atoms with Crippen molar-refractivity contribution in [3.8, 4) is 11.3 Å². The van der Waals surface area contributed by atoms with Crippen LogP contribution in [0.4, 0.5) is 5.95 Å². The lowest BCUT2D eigenvalue weighted by atomic mass is 10.00. The molecule has 2 N–H and O–H groups in total. The molecule has 0 unspecified atom stereocenters. The van der Waals surface area contributed by atoms with Crippen LogP contribution in [-0.2, 0) is 6.42 Å². The molecular weight excluding hydrogens is 222 g/mol. The Labute approximate surface area is 108 Å². The number of nitrogen functional groups attached to an aromatic ring is 1. The first kappa shape index (κ1) is 12.6. The van der Waals surface area contributed by atoms with Gasteiger partial charge in [-0.2, -0.15) is 0 Å². The summed E-state index contributed by atoms with van der Waals surface area (Å²) in [5.74, 6) is 0.358. The van der Waals surface area contributed by atoms with E-state index in [0.717, 1.165) is 29.8 Å². The molecule has 0 saturated heterocycles. The number of hydrogen-bond acceptors (Lipinski definition) is 3. The van der Waals surface area contributed by atoms with Crippen molar-refractivity contribution in [2.45, 2.75) is 33.6 Å². The molecule has 2 rings (SSSR count). The van der Waals surface area contributed by atoms with E-state index in [1.54, 1.807) is 0 Å². The summed E-state index contributed by atoms with van der Waals surface area (Å²) in [4.78, 5) is 8.62. The van der Waals surface area contributed by atoms with E-state index in [1.165, 1.54) is 11.1 Å². The Morgan fingerprint density at radius 2 is 1.94 bits per heavy atom. The Morgan fingerprint density at radius 3 is 2.67 bits per heavy atom. The standard InChI is InChI=1S/C15H19N3/c1-4-6-12-9-14(18-15(16)17-12)13-8-5-7-10(2)11(13)3/h5,7-9H,4,6H2,1-3H3,(H2,16,17,18). The number of nitrogens with two attached hydrogens (primary N) is 1. The fourth-order valence-electron chi connectivity index (χ4n) is 2.07. The Morgan fingerprint density at radius 1 is 1.17 bits per heavy atom. The van der Waals surface area contributed by atoms with Crippen molar-refractivity contribution in [3.63, 3.8) is 0 Å². The number of anilines is 1. The minimum absolute atomic E-state index is 0.358. The first-order chi connectivity index (χ1) is 8.61. The zero-order chi connectivity index (χ0) is 13.1. The van der Waals surface area contributed by atoms with Crippen molar-refractivity contribution in [3.05, 3.63) is 41.1 Å². The van der Waals surface area contributed by atoms with Gasteiger partial charge in [0.15, 0.2) is 0 Å². The molecule has 94 valence electrons. The molecule has 3 nitrogen and oxygen atoms in total. The fraction of sp³-hybridized carbons (Fsp3) is 0.333. The minimum Gasteiger partial charge on any atom is -0.368 e. The summed E-state index contributed by atoms with van der Waals surface area (Å²) in [6.07, 6.45) is 1.99. The SMILES string of the molecule is CCCc1cc(-c2cccc(C)c2C)nc(N)n1.